The largest absolute Gasteiger partial charge is 0.376 e. The van der Waals surface area contributed by atoms with Gasteiger partial charge in [0.15, 0.2) is 0 Å². The third-order valence-electron chi connectivity index (χ3n) is 4.16. The van der Waals surface area contributed by atoms with Gasteiger partial charge in [0.2, 0.25) is 5.91 Å². The Labute approximate surface area is 127 Å². The van der Waals surface area contributed by atoms with Gasteiger partial charge in [-0.2, -0.15) is 0 Å². The zero-order valence-corrected chi connectivity index (χ0v) is 13.3. The van der Waals surface area contributed by atoms with Crippen molar-refractivity contribution in [1.82, 2.24) is 10.2 Å². The van der Waals surface area contributed by atoms with Gasteiger partial charge in [-0.25, -0.2) is 0 Å². The van der Waals surface area contributed by atoms with Crippen LogP contribution in [0.25, 0.3) is 0 Å². The van der Waals surface area contributed by atoms with Crippen molar-refractivity contribution in [2.45, 2.75) is 38.8 Å². The molecule has 1 heterocycles. The quantitative estimate of drug-likeness (QED) is 0.874. The summed E-state index contributed by atoms with van der Waals surface area (Å²) in [6, 6.07) is 8.69. The predicted molar refractivity (Wildman–Crippen MR) is 84.2 cm³/mol. The van der Waals surface area contributed by atoms with Crippen LogP contribution in [0.15, 0.2) is 24.3 Å². The van der Waals surface area contributed by atoms with E-state index < -0.39 is 0 Å². The average molecular weight is 290 g/mol. The lowest BCUT2D eigenvalue weighted by Crippen LogP contribution is -2.39. The van der Waals surface area contributed by atoms with Crippen LogP contribution in [0.3, 0.4) is 0 Å². The molecule has 0 saturated carbocycles. The standard InChI is InChI=1S/C17H26N2O2/c1-13-6-8-15(9-7-13)14(2)19(3)12-17(20)18-11-16-5-4-10-21-16/h6-9,14,16H,4-5,10-12H2,1-3H3,(H,18,20)/t14-,16-/m0/s1. The van der Waals surface area contributed by atoms with Gasteiger partial charge in [-0.05, 0) is 39.3 Å². The van der Waals surface area contributed by atoms with E-state index in [1.54, 1.807) is 0 Å². The van der Waals surface area contributed by atoms with Gasteiger partial charge >= 0.3 is 0 Å². The number of nitrogens with zero attached hydrogens (tertiary/aromatic N) is 1. The predicted octanol–water partition coefficient (Wildman–Crippen LogP) is 2.28. The summed E-state index contributed by atoms with van der Waals surface area (Å²) in [5.41, 5.74) is 2.48. The van der Waals surface area contributed by atoms with E-state index in [9.17, 15) is 4.79 Å². The Kier molecular flexibility index (Phi) is 5.76. The molecule has 0 aliphatic carbocycles. The molecule has 1 fully saturated rings. The summed E-state index contributed by atoms with van der Waals surface area (Å²) >= 11 is 0. The number of amides is 1. The fourth-order valence-corrected chi connectivity index (χ4v) is 2.55. The van der Waals surface area contributed by atoms with E-state index in [2.05, 4.69) is 48.3 Å². The lowest BCUT2D eigenvalue weighted by Gasteiger charge is -2.25. The smallest absolute Gasteiger partial charge is 0.234 e. The van der Waals surface area contributed by atoms with Crippen molar-refractivity contribution < 1.29 is 9.53 Å². The van der Waals surface area contributed by atoms with Gasteiger partial charge in [0, 0.05) is 19.2 Å². The van der Waals surface area contributed by atoms with Crippen molar-refractivity contribution in [3.63, 3.8) is 0 Å². The number of ether oxygens (including phenoxy) is 1. The minimum absolute atomic E-state index is 0.0620. The Hall–Kier alpha value is -1.39. The maximum atomic E-state index is 12.0. The topological polar surface area (TPSA) is 41.6 Å². The third kappa shape index (κ3) is 4.83. The van der Waals surface area contributed by atoms with Crippen molar-refractivity contribution in [2.75, 3.05) is 26.7 Å². The Bertz CT molecular complexity index is 452. The van der Waals surface area contributed by atoms with Gasteiger partial charge in [0.25, 0.3) is 0 Å². The van der Waals surface area contributed by atoms with Gasteiger partial charge in [0.1, 0.15) is 0 Å². The number of hydrogen-bond donors (Lipinski definition) is 1. The summed E-state index contributed by atoms with van der Waals surface area (Å²) < 4.78 is 5.51. The molecule has 21 heavy (non-hydrogen) atoms. The van der Waals surface area contributed by atoms with E-state index in [0.717, 1.165) is 19.4 Å². The number of carbonyl (C=O) groups is 1. The Balaban J connectivity index is 1.77. The highest BCUT2D eigenvalue weighted by Gasteiger charge is 2.18. The van der Waals surface area contributed by atoms with Gasteiger partial charge in [-0.3, -0.25) is 9.69 Å². The monoisotopic (exact) mass is 290 g/mol. The third-order valence-corrected chi connectivity index (χ3v) is 4.16. The molecule has 4 nitrogen and oxygen atoms in total. The first kappa shape index (κ1) is 16.0. The molecule has 4 heteroatoms. The van der Waals surface area contributed by atoms with Crippen LogP contribution in [0.4, 0.5) is 0 Å². The van der Waals surface area contributed by atoms with Crippen molar-refractivity contribution in [2.24, 2.45) is 0 Å². The zero-order chi connectivity index (χ0) is 15.2. The summed E-state index contributed by atoms with van der Waals surface area (Å²) in [7, 11) is 1.98. The van der Waals surface area contributed by atoms with Crippen LogP contribution < -0.4 is 5.32 Å². The number of nitrogens with one attached hydrogen (secondary N) is 1. The van der Waals surface area contributed by atoms with Gasteiger partial charge in [-0.1, -0.05) is 29.8 Å². The van der Waals surface area contributed by atoms with Crippen LogP contribution in [0.2, 0.25) is 0 Å². The molecule has 1 N–H and O–H groups in total. The second-order valence-corrected chi connectivity index (χ2v) is 5.94. The molecule has 1 aromatic rings. The summed E-state index contributed by atoms with van der Waals surface area (Å²) in [6.45, 7) is 6.06. The molecule has 116 valence electrons. The van der Waals surface area contributed by atoms with Crippen LogP contribution in [0, 0.1) is 6.92 Å². The Morgan fingerprint density at radius 1 is 1.43 bits per heavy atom. The van der Waals surface area contributed by atoms with E-state index in [0.29, 0.717) is 13.1 Å². The molecule has 0 radical (unpaired) electrons. The van der Waals surface area contributed by atoms with E-state index >= 15 is 0 Å². The summed E-state index contributed by atoms with van der Waals surface area (Å²) in [6.07, 6.45) is 2.36. The average Bonchev–Trinajstić information content (AvgIpc) is 2.98. The highest BCUT2D eigenvalue weighted by molar-refractivity contribution is 5.78. The maximum absolute atomic E-state index is 12.0. The lowest BCUT2D eigenvalue weighted by atomic mass is 10.1. The molecule has 0 unspecified atom stereocenters. The van der Waals surface area contributed by atoms with E-state index in [1.807, 2.05) is 7.05 Å². The van der Waals surface area contributed by atoms with Crippen LogP contribution >= 0.6 is 0 Å². The fraction of sp³-hybridized carbons (Fsp3) is 0.588. The van der Waals surface area contributed by atoms with Crippen LogP contribution in [-0.2, 0) is 9.53 Å². The highest BCUT2D eigenvalue weighted by Crippen LogP contribution is 2.18. The van der Waals surface area contributed by atoms with Crippen LogP contribution in [0.5, 0.6) is 0 Å². The molecule has 1 aliphatic rings. The first-order chi connectivity index (χ1) is 10.1. The van der Waals surface area contributed by atoms with Crippen molar-refractivity contribution >= 4 is 5.91 Å². The molecule has 1 saturated heterocycles. The van der Waals surface area contributed by atoms with Crippen molar-refractivity contribution in [3.05, 3.63) is 35.4 Å². The normalized spacial score (nSPS) is 19.7. The number of benzene rings is 1. The van der Waals surface area contributed by atoms with Crippen molar-refractivity contribution in [3.8, 4) is 0 Å². The van der Waals surface area contributed by atoms with Gasteiger partial charge < -0.3 is 10.1 Å². The molecular formula is C17H26N2O2. The SMILES string of the molecule is Cc1ccc([C@H](C)N(C)CC(=O)NC[C@@H]2CCCO2)cc1. The summed E-state index contributed by atoms with van der Waals surface area (Å²) in [4.78, 5) is 14.1. The molecule has 2 atom stereocenters. The molecular weight excluding hydrogens is 264 g/mol. The summed E-state index contributed by atoms with van der Waals surface area (Å²) in [5.74, 6) is 0.0620. The minimum Gasteiger partial charge on any atom is -0.376 e. The summed E-state index contributed by atoms with van der Waals surface area (Å²) in [5, 5.41) is 2.97. The fourth-order valence-electron chi connectivity index (χ4n) is 2.55. The van der Waals surface area contributed by atoms with E-state index in [1.165, 1.54) is 11.1 Å². The lowest BCUT2D eigenvalue weighted by molar-refractivity contribution is -0.122. The Morgan fingerprint density at radius 2 is 2.14 bits per heavy atom. The molecule has 2 rings (SSSR count). The maximum Gasteiger partial charge on any atom is 0.234 e. The highest BCUT2D eigenvalue weighted by atomic mass is 16.5. The molecule has 1 aliphatic heterocycles. The number of hydrogen-bond acceptors (Lipinski definition) is 3. The number of aryl methyl sites for hydroxylation is 1. The van der Waals surface area contributed by atoms with Crippen molar-refractivity contribution in [1.29, 1.82) is 0 Å². The molecule has 0 bridgehead atoms. The molecule has 1 aromatic carbocycles. The van der Waals surface area contributed by atoms with E-state index in [4.69, 9.17) is 4.74 Å². The second-order valence-electron chi connectivity index (χ2n) is 5.94. The first-order valence-electron chi connectivity index (χ1n) is 7.71. The molecule has 0 aromatic heterocycles. The van der Waals surface area contributed by atoms with E-state index in [-0.39, 0.29) is 18.1 Å². The second kappa shape index (κ2) is 7.57. The van der Waals surface area contributed by atoms with Gasteiger partial charge in [-0.15, -0.1) is 0 Å². The number of rotatable bonds is 6. The molecule has 0 spiro atoms. The Morgan fingerprint density at radius 3 is 2.76 bits per heavy atom. The number of likely N-dealkylation sites (N-methyl/N-ethyl adjacent to an activating group) is 1. The minimum atomic E-state index is 0.0620. The molecule has 1 amide bonds. The first-order valence-corrected chi connectivity index (χ1v) is 7.71. The number of carbonyl (C=O) groups excluding carboxylic acids is 1. The van der Waals surface area contributed by atoms with Crippen LogP contribution in [0.1, 0.15) is 36.9 Å². The zero-order valence-electron chi connectivity index (χ0n) is 13.3. The van der Waals surface area contributed by atoms with Gasteiger partial charge in [0.05, 0.1) is 12.6 Å². The van der Waals surface area contributed by atoms with Crippen LogP contribution in [-0.4, -0.2) is 43.7 Å².